The fraction of sp³-hybridized carbons (Fsp3) is 0.115. The number of carbonyl (C=O) groups excluding carboxylic acids is 2. The van der Waals surface area contributed by atoms with E-state index in [0.717, 1.165) is 22.9 Å². The van der Waals surface area contributed by atoms with Crippen LogP contribution in [0.25, 0.3) is 16.7 Å². The molecule has 1 N–H and O–H groups in total. The number of fused-ring (bicyclic) bond motifs is 3. The maximum atomic E-state index is 12.4. The molecule has 0 saturated heterocycles. The van der Waals surface area contributed by atoms with Crippen LogP contribution in [0.5, 0.6) is 0 Å². The number of amides is 1. The Morgan fingerprint density at radius 3 is 2.64 bits per heavy atom. The lowest BCUT2D eigenvalue weighted by atomic mass is 10.1. The van der Waals surface area contributed by atoms with E-state index < -0.39 is 0 Å². The number of aromatic nitrogens is 5. The lowest BCUT2D eigenvalue weighted by Crippen LogP contribution is -2.22. The summed E-state index contributed by atoms with van der Waals surface area (Å²) < 4.78 is 1.76. The minimum Gasteiger partial charge on any atom is -0.348 e. The van der Waals surface area contributed by atoms with Gasteiger partial charge in [-0.1, -0.05) is 36.4 Å². The van der Waals surface area contributed by atoms with Gasteiger partial charge < -0.3 is 5.32 Å². The molecule has 0 spiro atoms. The minimum absolute atomic E-state index is 0.137. The lowest BCUT2D eigenvalue weighted by molar-refractivity contribution is -0.111. The highest BCUT2D eigenvalue weighted by Gasteiger charge is 2.21. The number of nitrogens with one attached hydrogen (secondary N) is 1. The van der Waals surface area contributed by atoms with Gasteiger partial charge in [0.05, 0.1) is 11.1 Å². The fourth-order valence-corrected chi connectivity index (χ4v) is 4.28. The molecule has 10 heteroatoms. The van der Waals surface area contributed by atoms with Crippen molar-refractivity contribution in [3.63, 3.8) is 0 Å². The highest BCUT2D eigenvalue weighted by molar-refractivity contribution is 8.25. The lowest BCUT2D eigenvalue weighted by Gasteiger charge is -2.07. The van der Waals surface area contributed by atoms with Gasteiger partial charge in [-0.3, -0.25) is 24.0 Å². The van der Waals surface area contributed by atoms with E-state index in [1.165, 1.54) is 17.3 Å². The molecular weight excluding hydrogens is 474 g/mol. The van der Waals surface area contributed by atoms with Crippen molar-refractivity contribution in [3.8, 4) is 0 Å². The molecule has 1 aliphatic rings. The van der Waals surface area contributed by atoms with Gasteiger partial charge >= 0.3 is 0 Å². The largest absolute Gasteiger partial charge is 0.348 e. The van der Waals surface area contributed by atoms with Crippen molar-refractivity contribution in [2.75, 3.05) is 0 Å². The van der Waals surface area contributed by atoms with Crippen LogP contribution in [0.1, 0.15) is 21.5 Å². The molecule has 0 aliphatic carbocycles. The van der Waals surface area contributed by atoms with Crippen molar-refractivity contribution in [1.29, 1.82) is 0 Å². The number of aliphatic imine (C=N–C) groups is 1. The Bertz CT molecular complexity index is 1540. The van der Waals surface area contributed by atoms with Crippen molar-refractivity contribution in [1.82, 2.24) is 29.9 Å². The Morgan fingerprint density at radius 1 is 1.03 bits per heavy atom. The second kappa shape index (κ2) is 10.9. The Morgan fingerprint density at radius 2 is 1.86 bits per heavy atom. The van der Waals surface area contributed by atoms with E-state index in [-0.39, 0.29) is 17.1 Å². The molecule has 1 amide bonds. The Labute approximate surface area is 210 Å². The average molecular weight is 496 g/mol. The number of benzene rings is 2. The van der Waals surface area contributed by atoms with Gasteiger partial charge in [0.25, 0.3) is 11.7 Å². The second-order valence-electron chi connectivity index (χ2n) is 7.97. The first-order chi connectivity index (χ1) is 17.7. The molecule has 36 heavy (non-hydrogen) atoms. The van der Waals surface area contributed by atoms with Crippen LogP contribution >= 0.6 is 11.8 Å². The molecule has 4 heterocycles. The summed E-state index contributed by atoms with van der Waals surface area (Å²) >= 11 is 1.19. The molecular formula is C26H21N7O2S. The molecule has 1 atom stereocenters. The average Bonchev–Trinajstić information content (AvgIpc) is 3.58. The number of thioether (sulfide) groups is 1. The van der Waals surface area contributed by atoms with Crippen LogP contribution in [0, 0.1) is 0 Å². The summed E-state index contributed by atoms with van der Waals surface area (Å²) in [7, 11) is 0. The maximum Gasteiger partial charge on any atom is 0.255 e. The highest BCUT2D eigenvalue weighted by atomic mass is 32.2. The summed E-state index contributed by atoms with van der Waals surface area (Å²) in [5.74, 6) is 0.369. The van der Waals surface area contributed by atoms with Crippen LogP contribution in [0.2, 0.25) is 0 Å². The minimum atomic E-state index is -0.160. The molecule has 0 radical (unpaired) electrons. The molecule has 0 fully saturated rings. The van der Waals surface area contributed by atoms with Gasteiger partial charge in [0.1, 0.15) is 12.4 Å². The normalized spacial score (nSPS) is 14.6. The van der Waals surface area contributed by atoms with E-state index in [1.807, 2.05) is 54.6 Å². The number of hydrogen-bond donors (Lipinski definition) is 1. The van der Waals surface area contributed by atoms with E-state index in [4.69, 9.17) is 0 Å². The van der Waals surface area contributed by atoms with Gasteiger partial charge in [0.15, 0.2) is 0 Å². The third-order valence-electron chi connectivity index (χ3n) is 5.56. The van der Waals surface area contributed by atoms with Crippen molar-refractivity contribution >= 4 is 45.0 Å². The fourth-order valence-electron chi connectivity index (χ4n) is 3.67. The predicted octanol–water partition coefficient (Wildman–Crippen LogP) is 3.50. The maximum absolute atomic E-state index is 12.4. The molecule has 1 unspecified atom stereocenters. The summed E-state index contributed by atoms with van der Waals surface area (Å²) in [6.07, 6.45) is 7.44. The molecule has 1 aliphatic heterocycles. The number of hydrogen-bond acceptors (Lipinski definition) is 8. The van der Waals surface area contributed by atoms with Crippen LogP contribution < -0.4 is 5.32 Å². The zero-order chi connectivity index (χ0) is 24.7. The quantitative estimate of drug-likeness (QED) is 0.397. The zero-order valence-corrected chi connectivity index (χ0v) is 19.9. The van der Waals surface area contributed by atoms with Gasteiger partial charge in [-0.2, -0.15) is 0 Å². The van der Waals surface area contributed by atoms with E-state index in [1.54, 1.807) is 40.9 Å². The first-order valence-electron chi connectivity index (χ1n) is 11.2. The molecule has 9 nitrogen and oxygen atoms in total. The summed E-state index contributed by atoms with van der Waals surface area (Å²) in [4.78, 5) is 35.8. The van der Waals surface area contributed by atoms with Crippen molar-refractivity contribution in [2.24, 2.45) is 4.99 Å². The summed E-state index contributed by atoms with van der Waals surface area (Å²) in [6.45, 7) is 0.456. The molecule has 5 aromatic rings. The number of nitrogens with zero attached hydrogens (tertiary/aromatic N) is 6. The van der Waals surface area contributed by atoms with Crippen LogP contribution in [-0.2, 0) is 17.8 Å². The van der Waals surface area contributed by atoms with Gasteiger partial charge in [-0.05, 0) is 47.2 Å². The topological polar surface area (TPSA) is 115 Å². The molecule has 3 aromatic heterocycles. The van der Waals surface area contributed by atoms with Crippen LogP contribution in [0.3, 0.4) is 0 Å². The highest BCUT2D eigenvalue weighted by Crippen LogP contribution is 2.18. The second-order valence-corrected chi connectivity index (χ2v) is 8.82. The van der Waals surface area contributed by atoms with Gasteiger partial charge in [-0.25, -0.2) is 4.98 Å². The van der Waals surface area contributed by atoms with Crippen molar-refractivity contribution in [2.45, 2.75) is 19.0 Å². The van der Waals surface area contributed by atoms with Crippen molar-refractivity contribution < 1.29 is 9.59 Å². The number of pyridine rings is 1. The zero-order valence-electron chi connectivity index (χ0n) is 19.1. The third kappa shape index (κ3) is 5.44. The summed E-state index contributed by atoms with van der Waals surface area (Å²) in [5.41, 5.74) is 5.22. The van der Waals surface area contributed by atoms with Crippen LogP contribution in [0.4, 0.5) is 0 Å². The van der Waals surface area contributed by atoms with E-state index in [2.05, 4.69) is 30.5 Å². The third-order valence-corrected chi connectivity index (χ3v) is 6.29. The Balaban J connectivity index is 0.000000174. The Hall–Kier alpha value is -4.44. The molecule has 0 bridgehead atoms. The Kier molecular flexibility index (Phi) is 7.04. The van der Waals surface area contributed by atoms with E-state index in [9.17, 15) is 9.59 Å². The standard InChI is InChI=1S/C16H12N6O.C10H9NOS/c23-15(18-8-11-3-5-17-6-4-11)12-1-2-13-9-19-16-21-20-10-22(16)14(13)7-12;12-10-9(11-7-13-10)6-8-4-2-1-3-5-8/h1-7,9-10H,8H2,(H,18,23);1-5,7,9H,6H2. The van der Waals surface area contributed by atoms with Gasteiger partial charge in [0, 0.05) is 42.5 Å². The smallest absolute Gasteiger partial charge is 0.255 e. The number of rotatable bonds is 5. The van der Waals surface area contributed by atoms with Gasteiger partial charge in [-0.15, -0.1) is 10.2 Å². The van der Waals surface area contributed by atoms with E-state index >= 15 is 0 Å². The summed E-state index contributed by atoms with van der Waals surface area (Å²) in [6, 6.07) is 19.0. The predicted molar refractivity (Wildman–Crippen MR) is 139 cm³/mol. The van der Waals surface area contributed by atoms with Gasteiger partial charge in [0.2, 0.25) is 5.12 Å². The SMILES string of the molecule is O=C(NCc1ccncc1)c1ccc2cnc3nncn3c2c1.O=C1SC=NC1Cc1ccccc1. The first-order valence-corrected chi connectivity index (χ1v) is 12.1. The summed E-state index contributed by atoms with van der Waals surface area (Å²) in [5, 5.41) is 11.7. The van der Waals surface area contributed by atoms with E-state index in [0.29, 0.717) is 17.9 Å². The molecule has 6 rings (SSSR count). The molecule has 0 saturated carbocycles. The number of carbonyl (C=O) groups is 2. The monoisotopic (exact) mass is 495 g/mol. The molecule has 2 aromatic carbocycles. The first kappa shape index (κ1) is 23.3. The molecule has 178 valence electrons. The van der Waals surface area contributed by atoms with Crippen LogP contribution in [-0.4, -0.2) is 47.2 Å². The van der Waals surface area contributed by atoms with Crippen molar-refractivity contribution in [3.05, 3.63) is 102 Å². The van der Waals surface area contributed by atoms with Crippen LogP contribution in [0.15, 0.2) is 90.6 Å².